The van der Waals surface area contributed by atoms with Crippen molar-refractivity contribution in [3.8, 4) is 0 Å². The van der Waals surface area contributed by atoms with Crippen molar-refractivity contribution in [3.63, 3.8) is 0 Å². The predicted octanol–water partition coefficient (Wildman–Crippen LogP) is 2.03. The van der Waals surface area contributed by atoms with E-state index in [0.717, 1.165) is 6.26 Å². The zero-order valence-electron chi connectivity index (χ0n) is 15.3. The van der Waals surface area contributed by atoms with Gasteiger partial charge in [-0.15, -0.1) is 0 Å². The van der Waals surface area contributed by atoms with Crippen LogP contribution in [0.5, 0.6) is 0 Å². The number of hydrogen-bond acceptors (Lipinski definition) is 6. The number of aromatic nitrogens is 1. The molecule has 2 aromatic rings. The summed E-state index contributed by atoms with van der Waals surface area (Å²) in [5.41, 5.74) is 1.12. The number of anilines is 1. The number of aryl methyl sites for hydroxylation is 1. The number of Topliss-reactive ketones (excluding diaryl/α,β-unsaturated/α-hetero) is 2. The summed E-state index contributed by atoms with van der Waals surface area (Å²) in [6.45, 7) is 2.83. The molecule has 0 bridgehead atoms. The van der Waals surface area contributed by atoms with Gasteiger partial charge in [0.05, 0.1) is 6.26 Å². The fourth-order valence-corrected chi connectivity index (χ4v) is 2.95. The molecule has 0 saturated heterocycles. The number of ketones is 2. The van der Waals surface area contributed by atoms with Gasteiger partial charge in [0.1, 0.15) is 5.69 Å². The highest BCUT2D eigenvalue weighted by atomic mass is 32.2. The maximum absolute atomic E-state index is 12.4. The normalized spacial score (nSPS) is 12.3. The van der Waals surface area contributed by atoms with E-state index in [1.807, 2.05) is 0 Å². The first-order valence-electron chi connectivity index (χ1n) is 7.98. The molecule has 1 aromatic carbocycles. The van der Waals surface area contributed by atoms with Crippen LogP contribution in [0.15, 0.2) is 36.5 Å². The van der Waals surface area contributed by atoms with Crippen molar-refractivity contribution in [2.24, 2.45) is 7.05 Å². The van der Waals surface area contributed by atoms with Crippen LogP contribution in [0.1, 0.15) is 45.1 Å². The maximum Gasteiger partial charge on any atom is 0.355 e. The Morgan fingerprint density at radius 3 is 2.19 bits per heavy atom. The molecule has 0 aliphatic rings. The Kier molecular flexibility index (Phi) is 5.85. The minimum Gasteiger partial charge on any atom is -0.450 e. The fraction of sp³-hybridized carbons (Fsp3) is 0.278. The van der Waals surface area contributed by atoms with E-state index in [9.17, 15) is 22.8 Å². The molecule has 0 fully saturated rings. The molecule has 1 heterocycles. The van der Waals surface area contributed by atoms with Gasteiger partial charge in [-0.2, -0.15) is 0 Å². The van der Waals surface area contributed by atoms with E-state index in [2.05, 4.69) is 4.72 Å². The van der Waals surface area contributed by atoms with Gasteiger partial charge < -0.3 is 9.30 Å². The predicted molar refractivity (Wildman–Crippen MR) is 99.5 cm³/mol. The van der Waals surface area contributed by atoms with Gasteiger partial charge in [0, 0.05) is 30.1 Å². The highest BCUT2D eigenvalue weighted by molar-refractivity contribution is 7.92. The number of carbonyl (C=O) groups is 3. The maximum atomic E-state index is 12.4. The number of esters is 1. The Hall–Kier alpha value is -2.94. The van der Waals surface area contributed by atoms with Crippen molar-refractivity contribution in [2.45, 2.75) is 20.0 Å². The van der Waals surface area contributed by atoms with Gasteiger partial charge in [-0.1, -0.05) is 0 Å². The van der Waals surface area contributed by atoms with Crippen molar-refractivity contribution >= 4 is 33.2 Å². The summed E-state index contributed by atoms with van der Waals surface area (Å²) >= 11 is 0. The molecule has 144 valence electrons. The summed E-state index contributed by atoms with van der Waals surface area (Å²) in [6.07, 6.45) is 1.48. The quantitative estimate of drug-likeness (QED) is 0.570. The lowest BCUT2D eigenvalue weighted by Gasteiger charge is -2.13. The first kappa shape index (κ1) is 20.4. The molecule has 0 unspecified atom stereocenters. The van der Waals surface area contributed by atoms with Gasteiger partial charge in [-0.05, 0) is 44.2 Å². The third-order valence-electron chi connectivity index (χ3n) is 3.75. The molecule has 8 nitrogen and oxygen atoms in total. The average molecular weight is 392 g/mol. The van der Waals surface area contributed by atoms with Crippen LogP contribution in [-0.2, 0) is 21.8 Å². The molecule has 0 aliphatic carbocycles. The first-order valence-corrected chi connectivity index (χ1v) is 9.87. The third-order valence-corrected chi connectivity index (χ3v) is 4.35. The van der Waals surface area contributed by atoms with Crippen molar-refractivity contribution in [2.75, 3.05) is 11.0 Å². The summed E-state index contributed by atoms with van der Waals surface area (Å²) in [7, 11) is -1.81. The van der Waals surface area contributed by atoms with Gasteiger partial charge in [-0.25, -0.2) is 13.2 Å². The molecule has 1 atom stereocenters. The van der Waals surface area contributed by atoms with Crippen LogP contribution in [0.2, 0.25) is 0 Å². The molecule has 0 amide bonds. The van der Waals surface area contributed by atoms with Gasteiger partial charge in [0.15, 0.2) is 11.9 Å². The zero-order valence-corrected chi connectivity index (χ0v) is 16.2. The van der Waals surface area contributed by atoms with Crippen molar-refractivity contribution in [1.29, 1.82) is 0 Å². The van der Waals surface area contributed by atoms with Gasteiger partial charge in [0.25, 0.3) is 0 Å². The fourth-order valence-electron chi connectivity index (χ4n) is 2.39. The summed E-state index contributed by atoms with van der Waals surface area (Å²) in [5.74, 6) is -1.34. The molecule has 9 heteroatoms. The van der Waals surface area contributed by atoms with Gasteiger partial charge >= 0.3 is 5.97 Å². The van der Waals surface area contributed by atoms with Crippen LogP contribution in [0.4, 0.5) is 5.69 Å². The number of hydrogen-bond donors (Lipinski definition) is 1. The second kappa shape index (κ2) is 7.75. The Morgan fingerprint density at radius 2 is 1.70 bits per heavy atom. The molecule has 0 radical (unpaired) electrons. The standard InChI is InChI=1S/C18H20N2O6S/c1-11(21)14-9-16(20(3)10-14)18(23)26-12(2)17(22)13-5-7-15(8-6-13)19-27(4,24)25/h5-10,12,19H,1-4H3/t12-/m1/s1. The van der Waals surface area contributed by atoms with Crippen molar-refractivity contribution in [3.05, 3.63) is 53.3 Å². The summed E-state index contributed by atoms with van der Waals surface area (Å²) in [5, 5.41) is 0. The monoisotopic (exact) mass is 392 g/mol. The molecule has 2 rings (SSSR count). The third kappa shape index (κ3) is 5.27. The topological polar surface area (TPSA) is 112 Å². The number of sulfonamides is 1. The SMILES string of the molecule is CC(=O)c1cc(C(=O)O[C@H](C)C(=O)c2ccc(NS(C)(=O)=O)cc2)n(C)c1. The number of carbonyl (C=O) groups excluding carboxylic acids is 3. The van der Waals surface area contributed by atoms with Gasteiger partial charge in [-0.3, -0.25) is 14.3 Å². The van der Waals surface area contributed by atoms with Crippen LogP contribution in [0, 0.1) is 0 Å². The van der Waals surface area contributed by atoms with E-state index >= 15 is 0 Å². The minimum absolute atomic E-state index is 0.160. The minimum atomic E-state index is -3.41. The Balaban J connectivity index is 2.09. The van der Waals surface area contributed by atoms with Crippen molar-refractivity contribution in [1.82, 2.24) is 4.57 Å². The van der Waals surface area contributed by atoms with Gasteiger partial charge in [0.2, 0.25) is 15.8 Å². The van der Waals surface area contributed by atoms with E-state index in [0.29, 0.717) is 11.3 Å². The number of nitrogens with zero attached hydrogens (tertiary/aromatic N) is 1. The van der Waals surface area contributed by atoms with Crippen LogP contribution < -0.4 is 4.72 Å². The van der Waals surface area contributed by atoms with Crippen LogP contribution >= 0.6 is 0 Å². The lowest BCUT2D eigenvalue weighted by atomic mass is 10.1. The van der Waals surface area contributed by atoms with Crippen LogP contribution in [0.25, 0.3) is 0 Å². The number of ether oxygens (including phenoxy) is 1. The lowest BCUT2D eigenvalue weighted by Crippen LogP contribution is -2.25. The lowest BCUT2D eigenvalue weighted by molar-refractivity contribution is 0.0309. The summed E-state index contributed by atoms with van der Waals surface area (Å²) < 4.78 is 31.4. The highest BCUT2D eigenvalue weighted by Crippen LogP contribution is 2.15. The second-order valence-electron chi connectivity index (χ2n) is 6.14. The molecular weight excluding hydrogens is 372 g/mol. The van der Waals surface area contributed by atoms with E-state index in [4.69, 9.17) is 4.74 Å². The molecule has 0 spiro atoms. The van der Waals surface area contributed by atoms with Crippen LogP contribution in [-0.4, -0.2) is 42.9 Å². The zero-order chi connectivity index (χ0) is 20.4. The Morgan fingerprint density at radius 1 is 1.11 bits per heavy atom. The summed E-state index contributed by atoms with van der Waals surface area (Å²) in [4.78, 5) is 36.1. The van der Waals surface area contributed by atoms with Crippen molar-refractivity contribution < 1.29 is 27.5 Å². The molecule has 1 aromatic heterocycles. The Labute approximate surface area is 157 Å². The molecule has 0 aliphatic heterocycles. The smallest absolute Gasteiger partial charge is 0.355 e. The molecule has 1 N–H and O–H groups in total. The largest absolute Gasteiger partial charge is 0.450 e. The van der Waals surface area contributed by atoms with Crippen LogP contribution in [0.3, 0.4) is 0 Å². The molecule has 0 saturated carbocycles. The number of nitrogens with one attached hydrogen (secondary N) is 1. The number of rotatable bonds is 7. The average Bonchev–Trinajstić information content (AvgIpc) is 2.95. The second-order valence-corrected chi connectivity index (χ2v) is 7.89. The summed E-state index contributed by atoms with van der Waals surface area (Å²) in [6, 6.07) is 7.18. The highest BCUT2D eigenvalue weighted by Gasteiger charge is 2.23. The van der Waals surface area contributed by atoms with E-state index in [1.165, 1.54) is 54.9 Å². The van der Waals surface area contributed by atoms with E-state index < -0.39 is 27.9 Å². The number of benzene rings is 1. The van der Waals surface area contributed by atoms with E-state index in [1.54, 1.807) is 7.05 Å². The van der Waals surface area contributed by atoms with E-state index in [-0.39, 0.29) is 17.0 Å². The first-order chi connectivity index (χ1) is 12.5. The molecular formula is C18H20N2O6S. The molecule has 27 heavy (non-hydrogen) atoms. The Bertz CT molecular complexity index is 989.